The van der Waals surface area contributed by atoms with Crippen LogP contribution in [-0.2, 0) is 10.0 Å². The second-order valence-electron chi connectivity index (χ2n) is 3.98. The van der Waals surface area contributed by atoms with E-state index in [1.165, 1.54) is 11.4 Å². The van der Waals surface area contributed by atoms with Crippen LogP contribution in [0.5, 0.6) is 0 Å². The third-order valence-corrected chi connectivity index (χ3v) is 3.96. The number of hydrogen-bond acceptors (Lipinski definition) is 3. The molecule has 0 bridgehead atoms. The maximum absolute atomic E-state index is 11.6. The van der Waals surface area contributed by atoms with Crippen molar-refractivity contribution in [2.75, 3.05) is 19.3 Å². The van der Waals surface area contributed by atoms with Crippen molar-refractivity contribution in [3.05, 3.63) is 0 Å². The first kappa shape index (κ1) is 13.4. The molecule has 0 aromatic rings. The lowest BCUT2D eigenvalue weighted by Crippen LogP contribution is -2.34. The average molecular weight is 218 g/mol. The molecule has 5 heteroatoms. The largest absolute Gasteiger partial charge is 0.214 e. The van der Waals surface area contributed by atoms with E-state index in [2.05, 4.69) is 0 Å². The van der Waals surface area contributed by atoms with Gasteiger partial charge in [-0.2, -0.15) is 5.26 Å². The molecular formula is C9H18N2O2S. The lowest BCUT2D eigenvalue weighted by atomic mass is 10.2. The van der Waals surface area contributed by atoms with Crippen LogP contribution in [0.4, 0.5) is 0 Å². The number of rotatable bonds is 5. The van der Waals surface area contributed by atoms with Crippen LogP contribution in [0.25, 0.3) is 0 Å². The first-order chi connectivity index (χ1) is 6.29. The van der Waals surface area contributed by atoms with Crippen LogP contribution in [0.3, 0.4) is 0 Å². The standard InChI is InChI=1S/C9H18N2O2S/c1-8(2)7-14(12,13)11(4)6-9(3)5-10/h8-9H,6-7H2,1-4H3. The Morgan fingerprint density at radius 2 is 1.86 bits per heavy atom. The summed E-state index contributed by atoms with van der Waals surface area (Å²) in [5.74, 6) is -0.0106. The van der Waals surface area contributed by atoms with Gasteiger partial charge in [-0.05, 0) is 12.8 Å². The van der Waals surface area contributed by atoms with Gasteiger partial charge in [0, 0.05) is 13.6 Å². The summed E-state index contributed by atoms with van der Waals surface area (Å²) in [4.78, 5) is 0. The molecule has 1 atom stereocenters. The van der Waals surface area contributed by atoms with Crippen molar-refractivity contribution in [1.82, 2.24) is 4.31 Å². The molecule has 14 heavy (non-hydrogen) atoms. The smallest absolute Gasteiger partial charge is 0.212 e. The Hall–Kier alpha value is -0.600. The fourth-order valence-electron chi connectivity index (χ4n) is 1.09. The van der Waals surface area contributed by atoms with Crippen LogP contribution >= 0.6 is 0 Å². The molecule has 1 unspecified atom stereocenters. The molecule has 0 aromatic carbocycles. The summed E-state index contributed by atoms with van der Waals surface area (Å²) in [6, 6.07) is 2.02. The Kier molecular flexibility index (Phi) is 5.09. The van der Waals surface area contributed by atoms with Gasteiger partial charge in [0.1, 0.15) is 0 Å². The molecule has 0 saturated heterocycles. The highest BCUT2D eigenvalue weighted by atomic mass is 32.2. The number of nitriles is 1. The Balaban J connectivity index is 4.38. The van der Waals surface area contributed by atoms with E-state index in [0.717, 1.165) is 0 Å². The first-order valence-electron chi connectivity index (χ1n) is 4.63. The van der Waals surface area contributed by atoms with Gasteiger partial charge in [-0.3, -0.25) is 0 Å². The van der Waals surface area contributed by atoms with Crippen LogP contribution in [0.15, 0.2) is 0 Å². The second-order valence-corrected chi connectivity index (χ2v) is 6.10. The Bertz CT molecular complexity index is 303. The van der Waals surface area contributed by atoms with Crippen molar-refractivity contribution >= 4 is 10.0 Å². The molecule has 0 aromatic heterocycles. The zero-order chi connectivity index (χ0) is 11.4. The molecule has 0 fully saturated rings. The summed E-state index contributed by atoms with van der Waals surface area (Å²) in [6.45, 7) is 5.70. The van der Waals surface area contributed by atoms with E-state index in [1.807, 2.05) is 19.9 Å². The Morgan fingerprint density at radius 1 is 1.36 bits per heavy atom. The molecular weight excluding hydrogens is 200 g/mol. The normalized spacial score (nSPS) is 14.4. The zero-order valence-corrected chi connectivity index (χ0v) is 10.0. The van der Waals surface area contributed by atoms with Gasteiger partial charge in [-0.25, -0.2) is 12.7 Å². The number of hydrogen-bond donors (Lipinski definition) is 0. The predicted molar refractivity (Wildman–Crippen MR) is 56.0 cm³/mol. The third-order valence-electron chi connectivity index (χ3n) is 1.77. The van der Waals surface area contributed by atoms with Crippen LogP contribution in [-0.4, -0.2) is 32.1 Å². The topological polar surface area (TPSA) is 61.2 Å². The van der Waals surface area contributed by atoms with Gasteiger partial charge in [0.05, 0.1) is 17.7 Å². The lowest BCUT2D eigenvalue weighted by molar-refractivity contribution is 0.434. The molecule has 0 rings (SSSR count). The molecule has 0 heterocycles. The number of sulfonamides is 1. The van der Waals surface area contributed by atoms with Gasteiger partial charge in [-0.15, -0.1) is 0 Å². The highest BCUT2D eigenvalue weighted by Gasteiger charge is 2.20. The minimum Gasteiger partial charge on any atom is -0.212 e. The SMILES string of the molecule is CC(C)CS(=O)(=O)N(C)CC(C)C#N. The predicted octanol–water partition coefficient (Wildman–Crippen LogP) is 1.06. The van der Waals surface area contributed by atoms with Crippen molar-refractivity contribution in [1.29, 1.82) is 5.26 Å². The van der Waals surface area contributed by atoms with E-state index in [4.69, 9.17) is 5.26 Å². The Labute approximate surface area is 86.6 Å². The first-order valence-corrected chi connectivity index (χ1v) is 6.24. The molecule has 0 N–H and O–H groups in total. The molecule has 4 nitrogen and oxygen atoms in total. The summed E-state index contributed by atoms with van der Waals surface area (Å²) < 4.78 is 24.5. The highest BCUT2D eigenvalue weighted by Crippen LogP contribution is 2.07. The summed E-state index contributed by atoms with van der Waals surface area (Å²) in [7, 11) is -1.66. The minimum atomic E-state index is -3.18. The van der Waals surface area contributed by atoms with Crippen LogP contribution in [0.1, 0.15) is 20.8 Å². The van der Waals surface area contributed by atoms with Gasteiger partial charge in [0.25, 0.3) is 0 Å². The van der Waals surface area contributed by atoms with Crippen LogP contribution in [0, 0.1) is 23.2 Å². The van der Waals surface area contributed by atoms with Gasteiger partial charge in [0.2, 0.25) is 10.0 Å². The zero-order valence-electron chi connectivity index (χ0n) is 9.19. The summed E-state index contributed by atoms with van der Waals surface area (Å²) in [5, 5.41) is 8.56. The van der Waals surface area contributed by atoms with Crippen molar-refractivity contribution in [2.45, 2.75) is 20.8 Å². The van der Waals surface area contributed by atoms with Crippen molar-refractivity contribution in [3.8, 4) is 6.07 Å². The maximum atomic E-state index is 11.6. The quantitative estimate of drug-likeness (QED) is 0.693. The second kappa shape index (κ2) is 5.32. The Morgan fingerprint density at radius 3 is 2.21 bits per heavy atom. The average Bonchev–Trinajstić information content (AvgIpc) is 2.01. The molecule has 0 amide bonds. The van der Waals surface area contributed by atoms with E-state index in [-0.39, 0.29) is 24.1 Å². The maximum Gasteiger partial charge on any atom is 0.214 e. The van der Waals surface area contributed by atoms with E-state index in [9.17, 15) is 8.42 Å². The molecule has 0 spiro atoms. The fourth-order valence-corrected chi connectivity index (χ4v) is 2.64. The van der Waals surface area contributed by atoms with Gasteiger partial charge in [-0.1, -0.05) is 13.8 Å². The molecule has 82 valence electrons. The molecule has 0 saturated carbocycles. The van der Waals surface area contributed by atoms with Crippen molar-refractivity contribution in [2.24, 2.45) is 11.8 Å². The van der Waals surface area contributed by atoms with Gasteiger partial charge in [0.15, 0.2) is 0 Å². The summed E-state index contributed by atoms with van der Waals surface area (Å²) in [6.07, 6.45) is 0. The van der Waals surface area contributed by atoms with E-state index in [1.54, 1.807) is 6.92 Å². The van der Waals surface area contributed by atoms with Gasteiger partial charge < -0.3 is 0 Å². The number of nitrogens with zero attached hydrogens (tertiary/aromatic N) is 2. The summed E-state index contributed by atoms with van der Waals surface area (Å²) >= 11 is 0. The van der Waals surface area contributed by atoms with Gasteiger partial charge >= 0.3 is 0 Å². The highest BCUT2D eigenvalue weighted by molar-refractivity contribution is 7.89. The van der Waals surface area contributed by atoms with Crippen LogP contribution < -0.4 is 0 Å². The lowest BCUT2D eigenvalue weighted by Gasteiger charge is -2.19. The third kappa shape index (κ3) is 4.58. The molecule has 0 radical (unpaired) electrons. The van der Waals surface area contributed by atoms with E-state index < -0.39 is 10.0 Å². The summed E-state index contributed by atoms with van der Waals surface area (Å²) in [5.41, 5.74) is 0. The van der Waals surface area contributed by atoms with Crippen molar-refractivity contribution in [3.63, 3.8) is 0 Å². The molecule has 0 aliphatic carbocycles. The monoisotopic (exact) mass is 218 g/mol. The molecule has 0 aliphatic rings. The molecule has 0 aliphatic heterocycles. The van der Waals surface area contributed by atoms with Crippen molar-refractivity contribution < 1.29 is 8.42 Å². The minimum absolute atomic E-state index is 0.111. The van der Waals surface area contributed by atoms with E-state index >= 15 is 0 Å². The van der Waals surface area contributed by atoms with Crippen LogP contribution in [0.2, 0.25) is 0 Å². The fraction of sp³-hybridized carbons (Fsp3) is 0.889. The van der Waals surface area contributed by atoms with E-state index in [0.29, 0.717) is 0 Å².